The van der Waals surface area contributed by atoms with E-state index < -0.39 is 52.4 Å². The van der Waals surface area contributed by atoms with Crippen molar-refractivity contribution < 1.29 is 26.7 Å². The maximum Gasteiger partial charge on any atom is 0.207 e. The summed E-state index contributed by atoms with van der Waals surface area (Å²) >= 11 is 0. The molecule has 20 heavy (non-hydrogen) atoms. The fraction of sp³-hybridized carbons (Fsp3) is 0.538. The van der Waals surface area contributed by atoms with Gasteiger partial charge in [0.15, 0.2) is 5.75 Å². The zero-order chi connectivity index (χ0) is 15.8. The Hall–Kier alpha value is -1.37. The zero-order valence-electron chi connectivity index (χ0n) is 11.5. The summed E-state index contributed by atoms with van der Waals surface area (Å²) in [5, 5.41) is 0. The molecule has 0 aliphatic heterocycles. The number of ether oxygens (including phenoxy) is 1. The minimum Gasteiger partial charge on any atom is -0.482 e. The topological polar surface area (TPSA) is 35.2 Å². The fourth-order valence-corrected chi connectivity index (χ4v) is 1.89. The molecule has 2 atom stereocenters. The van der Waals surface area contributed by atoms with Gasteiger partial charge in [-0.2, -0.15) is 8.78 Å². The standard InChI is InChI=1S/C13H16F5NO/c1-5(19)12(13(2,3)4)20-11-9(17)7(15)6(14)8(16)10(11)18/h5,12H,19H2,1-4H3. The molecule has 0 heterocycles. The molecule has 0 saturated carbocycles. The van der Waals surface area contributed by atoms with Crippen LogP contribution in [0.2, 0.25) is 0 Å². The lowest BCUT2D eigenvalue weighted by molar-refractivity contribution is 0.0585. The first-order chi connectivity index (χ1) is 8.98. The molecule has 0 aromatic heterocycles. The highest BCUT2D eigenvalue weighted by atomic mass is 19.2. The molecule has 0 spiro atoms. The summed E-state index contributed by atoms with van der Waals surface area (Å²) in [5.41, 5.74) is 4.99. The summed E-state index contributed by atoms with van der Waals surface area (Å²) in [4.78, 5) is 0. The molecule has 2 N–H and O–H groups in total. The number of halogens is 5. The largest absolute Gasteiger partial charge is 0.482 e. The van der Waals surface area contributed by atoms with Crippen LogP contribution in [0.4, 0.5) is 22.0 Å². The number of nitrogens with two attached hydrogens (primary N) is 1. The van der Waals surface area contributed by atoms with Crippen molar-refractivity contribution in [1.29, 1.82) is 0 Å². The first-order valence-corrected chi connectivity index (χ1v) is 5.92. The molecule has 0 radical (unpaired) electrons. The zero-order valence-corrected chi connectivity index (χ0v) is 11.5. The van der Waals surface area contributed by atoms with Crippen LogP contribution in [0.15, 0.2) is 0 Å². The SMILES string of the molecule is CC(N)C(Oc1c(F)c(F)c(F)c(F)c1F)C(C)(C)C. The van der Waals surface area contributed by atoms with Crippen LogP contribution in [-0.4, -0.2) is 12.1 Å². The average Bonchev–Trinajstić information content (AvgIpc) is 2.32. The van der Waals surface area contributed by atoms with Crippen molar-refractivity contribution in [2.45, 2.75) is 39.8 Å². The van der Waals surface area contributed by atoms with Crippen molar-refractivity contribution in [3.8, 4) is 5.75 Å². The minimum absolute atomic E-state index is 0.658. The van der Waals surface area contributed by atoms with Crippen molar-refractivity contribution in [3.63, 3.8) is 0 Å². The molecule has 0 aliphatic rings. The van der Waals surface area contributed by atoms with E-state index in [1.807, 2.05) is 0 Å². The maximum atomic E-state index is 13.5. The normalized spacial score (nSPS) is 15.1. The Morgan fingerprint density at radius 3 is 1.50 bits per heavy atom. The van der Waals surface area contributed by atoms with E-state index in [-0.39, 0.29) is 0 Å². The highest BCUT2D eigenvalue weighted by molar-refractivity contribution is 5.30. The van der Waals surface area contributed by atoms with E-state index in [9.17, 15) is 22.0 Å². The summed E-state index contributed by atoms with van der Waals surface area (Å²) in [6.45, 7) is 6.54. The monoisotopic (exact) mass is 297 g/mol. The Morgan fingerprint density at radius 2 is 1.20 bits per heavy atom. The highest BCUT2D eigenvalue weighted by Gasteiger charge is 2.34. The molecular formula is C13H16F5NO. The van der Waals surface area contributed by atoms with Crippen LogP contribution < -0.4 is 10.5 Å². The number of hydrogen-bond acceptors (Lipinski definition) is 2. The van der Waals surface area contributed by atoms with E-state index in [0.29, 0.717) is 0 Å². The van der Waals surface area contributed by atoms with Gasteiger partial charge in [0, 0.05) is 11.5 Å². The van der Waals surface area contributed by atoms with E-state index in [1.165, 1.54) is 6.92 Å². The Bertz CT molecular complexity index is 481. The predicted octanol–water partition coefficient (Wildman–Crippen LogP) is 3.52. The van der Waals surface area contributed by atoms with Gasteiger partial charge >= 0.3 is 0 Å². The molecule has 1 aromatic carbocycles. The molecule has 2 unspecified atom stereocenters. The summed E-state index contributed by atoms with van der Waals surface area (Å²) < 4.78 is 71.1. The molecule has 0 bridgehead atoms. The minimum atomic E-state index is -2.22. The third-order valence-electron chi connectivity index (χ3n) is 2.75. The van der Waals surface area contributed by atoms with Gasteiger partial charge in [0.2, 0.25) is 29.1 Å². The van der Waals surface area contributed by atoms with E-state index in [1.54, 1.807) is 20.8 Å². The van der Waals surface area contributed by atoms with E-state index >= 15 is 0 Å². The van der Waals surface area contributed by atoms with Crippen LogP contribution in [0.3, 0.4) is 0 Å². The van der Waals surface area contributed by atoms with Gasteiger partial charge in [0.25, 0.3) is 0 Å². The Kier molecular flexibility index (Phi) is 4.63. The fourth-order valence-electron chi connectivity index (χ4n) is 1.89. The summed E-state index contributed by atoms with van der Waals surface area (Å²) in [5.74, 6) is -11.6. The molecule has 1 rings (SSSR count). The first kappa shape index (κ1) is 16.7. The lowest BCUT2D eigenvalue weighted by Crippen LogP contribution is -2.46. The van der Waals surface area contributed by atoms with Gasteiger partial charge in [-0.05, 0) is 6.92 Å². The maximum absolute atomic E-state index is 13.5. The van der Waals surface area contributed by atoms with Crippen LogP contribution >= 0.6 is 0 Å². The number of benzene rings is 1. The third-order valence-corrected chi connectivity index (χ3v) is 2.75. The second-order valence-electron chi connectivity index (χ2n) is 5.66. The molecule has 0 amide bonds. The molecule has 114 valence electrons. The molecule has 2 nitrogen and oxygen atoms in total. The summed E-state index contributed by atoms with van der Waals surface area (Å²) in [6.07, 6.45) is -0.934. The van der Waals surface area contributed by atoms with Crippen molar-refractivity contribution in [2.75, 3.05) is 0 Å². The van der Waals surface area contributed by atoms with Crippen LogP contribution in [-0.2, 0) is 0 Å². The van der Waals surface area contributed by atoms with Gasteiger partial charge in [-0.3, -0.25) is 0 Å². The van der Waals surface area contributed by atoms with E-state index in [0.717, 1.165) is 0 Å². The Morgan fingerprint density at radius 1 is 0.850 bits per heavy atom. The lowest BCUT2D eigenvalue weighted by atomic mass is 9.85. The lowest BCUT2D eigenvalue weighted by Gasteiger charge is -2.34. The van der Waals surface area contributed by atoms with Crippen molar-refractivity contribution in [3.05, 3.63) is 29.1 Å². The van der Waals surface area contributed by atoms with Crippen molar-refractivity contribution in [2.24, 2.45) is 11.1 Å². The van der Waals surface area contributed by atoms with Crippen LogP contribution in [0, 0.1) is 34.5 Å². The molecule has 0 fully saturated rings. The summed E-state index contributed by atoms with van der Waals surface area (Å²) in [6, 6.07) is -0.676. The van der Waals surface area contributed by atoms with Gasteiger partial charge < -0.3 is 10.5 Å². The average molecular weight is 297 g/mol. The van der Waals surface area contributed by atoms with E-state index in [4.69, 9.17) is 10.5 Å². The number of rotatable bonds is 3. The highest BCUT2D eigenvalue weighted by Crippen LogP contribution is 2.33. The van der Waals surface area contributed by atoms with Gasteiger partial charge in [-0.1, -0.05) is 20.8 Å². The summed E-state index contributed by atoms with van der Waals surface area (Å²) in [7, 11) is 0. The Balaban J connectivity index is 3.34. The smallest absolute Gasteiger partial charge is 0.207 e. The molecule has 7 heteroatoms. The van der Waals surface area contributed by atoms with Crippen LogP contribution in [0.5, 0.6) is 5.75 Å². The van der Waals surface area contributed by atoms with Gasteiger partial charge in [0.1, 0.15) is 6.10 Å². The van der Waals surface area contributed by atoms with E-state index in [2.05, 4.69) is 0 Å². The number of hydrogen-bond donors (Lipinski definition) is 1. The molecule has 0 aliphatic carbocycles. The first-order valence-electron chi connectivity index (χ1n) is 5.92. The molecule has 1 aromatic rings. The van der Waals surface area contributed by atoms with Crippen molar-refractivity contribution >= 4 is 0 Å². The second kappa shape index (κ2) is 5.55. The van der Waals surface area contributed by atoms with Crippen LogP contribution in [0.1, 0.15) is 27.7 Å². The van der Waals surface area contributed by atoms with Gasteiger partial charge in [0.05, 0.1) is 0 Å². The van der Waals surface area contributed by atoms with Gasteiger partial charge in [-0.15, -0.1) is 0 Å². The predicted molar refractivity (Wildman–Crippen MR) is 63.8 cm³/mol. The molecule has 0 saturated heterocycles. The van der Waals surface area contributed by atoms with Crippen molar-refractivity contribution in [1.82, 2.24) is 0 Å². The second-order valence-corrected chi connectivity index (χ2v) is 5.66. The Labute approximate surface area is 113 Å². The quantitative estimate of drug-likeness (QED) is 0.526. The van der Waals surface area contributed by atoms with Crippen LogP contribution in [0.25, 0.3) is 0 Å². The van der Waals surface area contributed by atoms with Gasteiger partial charge in [-0.25, -0.2) is 13.2 Å². The molecular weight excluding hydrogens is 281 g/mol. The third kappa shape index (κ3) is 3.03.